The first-order valence-corrected chi connectivity index (χ1v) is 3.71. The van der Waals surface area contributed by atoms with E-state index in [2.05, 4.69) is 10.3 Å². The van der Waals surface area contributed by atoms with Gasteiger partial charge in [-0.25, -0.2) is 0 Å². The van der Waals surface area contributed by atoms with E-state index in [-0.39, 0.29) is 11.4 Å². The largest absolute Gasteiger partial charge is 0.411 e. The highest BCUT2D eigenvalue weighted by Gasteiger charge is 2.28. The van der Waals surface area contributed by atoms with Gasteiger partial charge in [-0.05, 0) is 13.0 Å². The lowest BCUT2D eigenvalue weighted by molar-refractivity contribution is -0.142. The zero-order valence-corrected chi connectivity index (χ0v) is 7.28. The van der Waals surface area contributed by atoms with Crippen molar-refractivity contribution in [2.45, 2.75) is 19.6 Å². The van der Waals surface area contributed by atoms with Gasteiger partial charge in [-0.1, -0.05) is 5.16 Å². The fourth-order valence-electron chi connectivity index (χ4n) is 0.878. The van der Waals surface area contributed by atoms with E-state index in [1.807, 2.05) is 0 Å². The van der Waals surface area contributed by atoms with Gasteiger partial charge in [-0.2, -0.15) is 18.3 Å². The predicted octanol–water partition coefficient (Wildman–Crippen LogP) is 1.64. The molecule has 0 unspecified atom stereocenters. The van der Waals surface area contributed by atoms with Crippen LogP contribution < -0.4 is 0 Å². The zero-order chi connectivity index (χ0) is 10.8. The van der Waals surface area contributed by atoms with Gasteiger partial charge in [0, 0.05) is 6.20 Å². The first kappa shape index (κ1) is 10.6. The van der Waals surface area contributed by atoms with Crippen LogP contribution in [0.2, 0.25) is 0 Å². The molecule has 0 aliphatic carbocycles. The Morgan fingerprint density at radius 1 is 1.64 bits per heavy atom. The monoisotopic (exact) mass is 207 g/mol. The van der Waals surface area contributed by atoms with E-state index in [4.69, 9.17) is 5.21 Å². The SMILES string of the molecule is C/C(=N\O)c1ccn(CC(F)(F)F)n1. The Hall–Kier alpha value is -1.53. The van der Waals surface area contributed by atoms with Gasteiger partial charge >= 0.3 is 6.18 Å². The molecule has 1 heterocycles. The molecule has 78 valence electrons. The Balaban J connectivity index is 2.79. The van der Waals surface area contributed by atoms with Crippen molar-refractivity contribution < 1.29 is 18.4 Å². The maximum Gasteiger partial charge on any atom is 0.408 e. The van der Waals surface area contributed by atoms with Gasteiger partial charge in [0.15, 0.2) is 0 Å². The van der Waals surface area contributed by atoms with Crippen LogP contribution >= 0.6 is 0 Å². The number of oxime groups is 1. The molecule has 14 heavy (non-hydrogen) atoms. The average molecular weight is 207 g/mol. The number of hydrogen-bond donors (Lipinski definition) is 1. The van der Waals surface area contributed by atoms with E-state index >= 15 is 0 Å². The average Bonchev–Trinajstić information content (AvgIpc) is 2.48. The highest BCUT2D eigenvalue weighted by atomic mass is 19.4. The van der Waals surface area contributed by atoms with E-state index in [1.54, 1.807) is 0 Å². The van der Waals surface area contributed by atoms with E-state index < -0.39 is 12.7 Å². The molecule has 0 saturated heterocycles. The normalized spacial score (nSPS) is 13.3. The lowest BCUT2D eigenvalue weighted by atomic mass is 10.3. The quantitative estimate of drug-likeness (QED) is 0.455. The van der Waals surface area contributed by atoms with Crippen LogP contribution in [0.5, 0.6) is 0 Å². The molecule has 0 aromatic carbocycles. The second-order valence-corrected chi connectivity index (χ2v) is 2.70. The van der Waals surface area contributed by atoms with Crippen molar-refractivity contribution in [3.05, 3.63) is 18.0 Å². The summed E-state index contributed by atoms with van der Waals surface area (Å²) in [7, 11) is 0. The molecule has 4 nitrogen and oxygen atoms in total. The first-order valence-electron chi connectivity index (χ1n) is 3.71. The summed E-state index contributed by atoms with van der Waals surface area (Å²) < 4.78 is 36.4. The van der Waals surface area contributed by atoms with Crippen LogP contribution in [0.4, 0.5) is 13.2 Å². The van der Waals surface area contributed by atoms with Gasteiger partial charge in [-0.15, -0.1) is 0 Å². The summed E-state index contributed by atoms with van der Waals surface area (Å²) in [4.78, 5) is 0. The van der Waals surface area contributed by atoms with Crippen LogP contribution in [-0.4, -0.2) is 26.9 Å². The zero-order valence-electron chi connectivity index (χ0n) is 7.28. The molecule has 1 aromatic rings. The molecule has 0 radical (unpaired) electrons. The van der Waals surface area contributed by atoms with Gasteiger partial charge in [0.25, 0.3) is 0 Å². The van der Waals surface area contributed by atoms with Gasteiger partial charge in [0.2, 0.25) is 0 Å². The number of rotatable bonds is 2. The van der Waals surface area contributed by atoms with Gasteiger partial charge in [0.1, 0.15) is 18.0 Å². The predicted molar refractivity (Wildman–Crippen MR) is 42.3 cm³/mol. The lowest BCUT2D eigenvalue weighted by Crippen LogP contribution is -2.18. The van der Waals surface area contributed by atoms with Crippen molar-refractivity contribution >= 4 is 5.71 Å². The summed E-state index contributed by atoms with van der Waals surface area (Å²) in [6.07, 6.45) is -3.12. The van der Waals surface area contributed by atoms with Crippen molar-refractivity contribution in [1.82, 2.24) is 9.78 Å². The van der Waals surface area contributed by atoms with Crippen molar-refractivity contribution in [3.8, 4) is 0 Å². The molecule has 0 fully saturated rings. The molecule has 0 aliphatic rings. The first-order chi connectivity index (χ1) is 6.42. The Morgan fingerprint density at radius 2 is 2.29 bits per heavy atom. The molecule has 0 amide bonds. The molecule has 1 N–H and O–H groups in total. The molecule has 0 aliphatic heterocycles. The minimum atomic E-state index is -4.30. The smallest absolute Gasteiger partial charge is 0.408 e. The second-order valence-electron chi connectivity index (χ2n) is 2.70. The number of alkyl halides is 3. The Kier molecular flexibility index (Phi) is 2.78. The Bertz CT molecular complexity index is 342. The highest BCUT2D eigenvalue weighted by Crippen LogP contribution is 2.16. The summed E-state index contributed by atoms with van der Waals surface area (Å²) in [6, 6.07) is 1.35. The lowest BCUT2D eigenvalue weighted by Gasteiger charge is -2.05. The molecule has 1 aromatic heterocycles. The Labute approximate surface area is 77.6 Å². The van der Waals surface area contributed by atoms with E-state index in [0.29, 0.717) is 0 Å². The van der Waals surface area contributed by atoms with Crippen molar-refractivity contribution in [2.24, 2.45) is 5.16 Å². The number of nitrogens with zero attached hydrogens (tertiary/aromatic N) is 3. The van der Waals surface area contributed by atoms with Crippen LogP contribution in [0.15, 0.2) is 17.4 Å². The minimum absolute atomic E-state index is 0.172. The van der Waals surface area contributed by atoms with E-state index in [0.717, 1.165) is 4.68 Å². The van der Waals surface area contributed by atoms with E-state index in [1.165, 1.54) is 19.2 Å². The second kappa shape index (κ2) is 3.69. The third kappa shape index (κ3) is 2.75. The summed E-state index contributed by atoms with van der Waals surface area (Å²) >= 11 is 0. The van der Waals surface area contributed by atoms with Gasteiger partial charge in [0.05, 0.1) is 0 Å². The molecule has 0 atom stereocenters. The fraction of sp³-hybridized carbons (Fsp3) is 0.429. The summed E-state index contributed by atoms with van der Waals surface area (Å²) in [5.41, 5.74) is 0.391. The molecule has 0 bridgehead atoms. The van der Waals surface area contributed by atoms with E-state index in [9.17, 15) is 13.2 Å². The summed E-state index contributed by atoms with van der Waals surface area (Å²) in [5, 5.41) is 14.7. The van der Waals surface area contributed by atoms with Crippen LogP contribution in [0, 0.1) is 0 Å². The standard InChI is InChI=1S/C7H8F3N3O/c1-5(12-14)6-2-3-13(11-6)4-7(8,9)10/h2-3,14H,4H2,1H3/b12-5+. The number of halogens is 3. The van der Waals surface area contributed by atoms with Crippen LogP contribution in [0.1, 0.15) is 12.6 Å². The number of hydrogen-bond acceptors (Lipinski definition) is 3. The van der Waals surface area contributed by atoms with Crippen molar-refractivity contribution in [2.75, 3.05) is 0 Å². The molecular formula is C7H8F3N3O. The summed E-state index contributed by atoms with van der Waals surface area (Å²) in [6.45, 7) is 0.298. The number of aromatic nitrogens is 2. The topological polar surface area (TPSA) is 50.4 Å². The molecule has 1 rings (SSSR count). The molecule has 0 saturated carbocycles. The summed E-state index contributed by atoms with van der Waals surface area (Å²) in [5.74, 6) is 0. The van der Waals surface area contributed by atoms with Crippen molar-refractivity contribution in [3.63, 3.8) is 0 Å². The van der Waals surface area contributed by atoms with Crippen molar-refractivity contribution in [1.29, 1.82) is 0 Å². The van der Waals surface area contributed by atoms with Gasteiger partial charge in [-0.3, -0.25) is 4.68 Å². The maximum absolute atomic E-state index is 11.9. The fourth-order valence-corrected chi connectivity index (χ4v) is 0.878. The van der Waals surface area contributed by atoms with Crippen LogP contribution in [0.3, 0.4) is 0 Å². The third-order valence-electron chi connectivity index (χ3n) is 1.50. The van der Waals surface area contributed by atoms with Gasteiger partial charge < -0.3 is 5.21 Å². The Morgan fingerprint density at radius 3 is 2.79 bits per heavy atom. The third-order valence-corrected chi connectivity index (χ3v) is 1.50. The molecular weight excluding hydrogens is 199 g/mol. The highest BCUT2D eigenvalue weighted by molar-refractivity contribution is 5.96. The maximum atomic E-state index is 11.9. The van der Waals surface area contributed by atoms with Crippen LogP contribution in [0.25, 0.3) is 0 Å². The molecule has 7 heteroatoms. The molecule has 0 spiro atoms. The minimum Gasteiger partial charge on any atom is -0.411 e. The van der Waals surface area contributed by atoms with Crippen LogP contribution in [-0.2, 0) is 6.54 Å².